The Morgan fingerprint density at radius 3 is 2.88 bits per heavy atom. The summed E-state index contributed by atoms with van der Waals surface area (Å²) >= 11 is 5.93. The van der Waals surface area contributed by atoms with Crippen LogP contribution in [0.1, 0.15) is 11.4 Å². The van der Waals surface area contributed by atoms with Crippen LogP contribution in [0.3, 0.4) is 0 Å². The molecule has 0 bridgehead atoms. The van der Waals surface area contributed by atoms with E-state index in [1.54, 1.807) is 11.0 Å². The predicted octanol–water partition coefficient (Wildman–Crippen LogP) is 1.58. The molecule has 0 aliphatic carbocycles. The number of aromatic nitrogens is 3. The Bertz CT molecular complexity index is 495. The van der Waals surface area contributed by atoms with Crippen LogP contribution in [0.2, 0.25) is 5.02 Å². The number of aryl methyl sites for hydroxylation is 1. The molecule has 0 aliphatic rings. The lowest BCUT2D eigenvalue weighted by molar-refractivity contribution is 0.603. The van der Waals surface area contributed by atoms with Crippen LogP contribution in [0.15, 0.2) is 30.6 Å². The molecule has 0 amide bonds. The maximum Gasteiger partial charge on any atom is 0.138 e. The highest BCUT2D eigenvalue weighted by Crippen LogP contribution is 2.12. The van der Waals surface area contributed by atoms with E-state index in [1.165, 1.54) is 0 Å². The lowest BCUT2D eigenvalue weighted by Gasteiger charge is -2.11. The monoisotopic (exact) mass is 250 g/mol. The number of halogens is 1. The predicted molar refractivity (Wildman–Crippen MR) is 67.8 cm³/mol. The van der Waals surface area contributed by atoms with Gasteiger partial charge in [0.1, 0.15) is 12.2 Å². The zero-order valence-electron chi connectivity index (χ0n) is 9.68. The third-order valence-electron chi connectivity index (χ3n) is 2.64. The second-order valence-corrected chi connectivity index (χ2v) is 4.53. The Kier molecular flexibility index (Phi) is 3.76. The van der Waals surface area contributed by atoms with Crippen LogP contribution in [0.4, 0.5) is 0 Å². The van der Waals surface area contributed by atoms with Crippen LogP contribution in [0, 0.1) is 0 Å². The molecular weight excluding hydrogens is 236 g/mol. The van der Waals surface area contributed by atoms with Gasteiger partial charge in [-0.2, -0.15) is 5.10 Å². The van der Waals surface area contributed by atoms with Crippen molar-refractivity contribution < 1.29 is 0 Å². The summed E-state index contributed by atoms with van der Waals surface area (Å²) in [5, 5.41) is 4.76. The second kappa shape index (κ2) is 5.29. The van der Waals surface area contributed by atoms with Crippen molar-refractivity contribution in [3.8, 4) is 0 Å². The Hall–Kier alpha value is -1.39. The Morgan fingerprint density at radius 1 is 1.41 bits per heavy atom. The highest BCUT2D eigenvalue weighted by Gasteiger charge is 2.09. The highest BCUT2D eigenvalue weighted by atomic mass is 35.5. The summed E-state index contributed by atoms with van der Waals surface area (Å²) < 4.78 is 1.75. The van der Waals surface area contributed by atoms with Gasteiger partial charge in [-0.05, 0) is 24.1 Å². The van der Waals surface area contributed by atoms with Crippen molar-refractivity contribution in [2.45, 2.75) is 18.9 Å². The second-order valence-electron chi connectivity index (χ2n) is 4.10. The average molecular weight is 251 g/mol. The number of nitrogens with two attached hydrogens (primary N) is 1. The van der Waals surface area contributed by atoms with Crippen LogP contribution in [0.25, 0.3) is 0 Å². The summed E-state index contributed by atoms with van der Waals surface area (Å²) in [7, 11) is 1.87. The Morgan fingerprint density at radius 2 is 2.24 bits per heavy atom. The molecule has 1 unspecified atom stereocenters. The smallest absolute Gasteiger partial charge is 0.138 e. The maximum atomic E-state index is 6.09. The first kappa shape index (κ1) is 12.1. The first-order chi connectivity index (χ1) is 8.15. The zero-order chi connectivity index (χ0) is 12.3. The van der Waals surface area contributed by atoms with Crippen molar-refractivity contribution in [2.75, 3.05) is 0 Å². The minimum Gasteiger partial charge on any atom is -0.327 e. The normalized spacial score (nSPS) is 12.6. The van der Waals surface area contributed by atoms with Gasteiger partial charge in [-0.3, -0.25) is 4.68 Å². The number of hydrogen-bond donors (Lipinski definition) is 1. The molecular formula is C12H15ClN4. The van der Waals surface area contributed by atoms with E-state index in [4.69, 9.17) is 17.3 Å². The molecule has 0 fully saturated rings. The molecule has 0 saturated carbocycles. The molecule has 4 nitrogen and oxygen atoms in total. The summed E-state index contributed by atoms with van der Waals surface area (Å²) in [6, 6.07) is 7.79. The van der Waals surface area contributed by atoms with Gasteiger partial charge < -0.3 is 5.73 Å². The summed E-state index contributed by atoms with van der Waals surface area (Å²) in [6.07, 6.45) is 3.04. The molecule has 0 radical (unpaired) electrons. The summed E-state index contributed by atoms with van der Waals surface area (Å²) in [6.45, 7) is 0. The average Bonchev–Trinajstić information content (AvgIpc) is 2.64. The van der Waals surface area contributed by atoms with Gasteiger partial charge in [0.25, 0.3) is 0 Å². The first-order valence-electron chi connectivity index (χ1n) is 5.48. The van der Waals surface area contributed by atoms with E-state index in [9.17, 15) is 0 Å². The Balaban J connectivity index is 1.98. The number of rotatable bonds is 4. The summed E-state index contributed by atoms with van der Waals surface area (Å²) in [5.41, 5.74) is 7.24. The van der Waals surface area contributed by atoms with E-state index >= 15 is 0 Å². The fourth-order valence-electron chi connectivity index (χ4n) is 1.78. The van der Waals surface area contributed by atoms with Crippen LogP contribution in [-0.4, -0.2) is 20.8 Å². The van der Waals surface area contributed by atoms with Gasteiger partial charge in [0.05, 0.1) is 0 Å². The minimum atomic E-state index is 0.0244. The van der Waals surface area contributed by atoms with Gasteiger partial charge in [-0.15, -0.1) is 0 Å². The fourth-order valence-corrected chi connectivity index (χ4v) is 1.99. The molecule has 2 aromatic rings. The lowest BCUT2D eigenvalue weighted by Crippen LogP contribution is -2.27. The van der Waals surface area contributed by atoms with Crippen molar-refractivity contribution in [2.24, 2.45) is 12.8 Å². The summed E-state index contributed by atoms with van der Waals surface area (Å²) in [4.78, 5) is 4.16. The zero-order valence-corrected chi connectivity index (χ0v) is 10.4. The highest BCUT2D eigenvalue weighted by molar-refractivity contribution is 6.30. The van der Waals surface area contributed by atoms with Gasteiger partial charge in [0, 0.05) is 24.5 Å². The lowest BCUT2D eigenvalue weighted by atomic mass is 10.0. The van der Waals surface area contributed by atoms with Gasteiger partial charge in [0.2, 0.25) is 0 Å². The van der Waals surface area contributed by atoms with Crippen molar-refractivity contribution in [1.29, 1.82) is 0 Å². The fraction of sp³-hybridized carbons (Fsp3) is 0.333. The largest absolute Gasteiger partial charge is 0.327 e. The SMILES string of the molecule is Cn1ncnc1CC(N)Cc1cccc(Cl)c1. The van der Waals surface area contributed by atoms with Gasteiger partial charge in [0.15, 0.2) is 0 Å². The number of benzene rings is 1. The van der Waals surface area contributed by atoms with E-state index in [0.717, 1.165) is 22.8 Å². The van der Waals surface area contributed by atoms with Crippen LogP contribution in [0.5, 0.6) is 0 Å². The first-order valence-corrected chi connectivity index (χ1v) is 5.86. The molecule has 1 heterocycles. The van der Waals surface area contributed by atoms with Gasteiger partial charge in [-0.1, -0.05) is 23.7 Å². The molecule has 0 aliphatic heterocycles. The number of hydrogen-bond acceptors (Lipinski definition) is 3. The van der Waals surface area contributed by atoms with E-state index in [-0.39, 0.29) is 6.04 Å². The van der Waals surface area contributed by atoms with Crippen molar-refractivity contribution in [3.05, 3.63) is 47.0 Å². The molecule has 17 heavy (non-hydrogen) atoms. The van der Waals surface area contributed by atoms with Crippen LogP contribution in [-0.2, 0) is 19.9 Å². The topological polar surface area (TPSA) is 56.7 Å². The third-order valence-corrected chi connectivity index (χ3v) is 2.87. The van der Waals surface area contributed by atoms with E-state index < -0.39 is 0 Å². The number of nitrogens with zero attached hydrogens (tertiary/aromatic N) is 3. The van der Waals surface area contributed by atoms with E-state index in [1.807, 2.05) is 31.3 Å². The van der Waals surface area contributed by atoms with E-state index in [2.05, 4.69) is 10.1 Å². The quantitative estimate of drug-likeness (QED) is 0.897. The maximum absolute atomic E-state index is 6.09. The molecule has 2 rings (SSSR count). The standard InChI is InChI=1S/C12H15ClN4/c1-17-12(15-8-16-17)7-11(14)6-9-3-2-4-10(13)5-9/h2-5,8,11H,6-7,14H2,1H3. The molecule has 1 aromatic carbocycles. The molecule has 1 atom stereocenters. The Labute approximate surface area is 105 Å². The molecule has 90 valence electrons. The van der Waals surface area contributed by atoms with Crippen LogP contribution >= 0.6 is 11.6 Å². The van der Waals surface area contributed by atoms with Crippen molar-refractivity contribution in [3.63, 3.8) is 0 Å². The molecule has 5 heteroatoms. The molecule has 0 spiro atoms. The molecule has 0 saturated heterocycles. The van der Waals surface area contributed by atoms with Crippen LogP contribution < -0.4 is 5.73 Å². The third kappa shape index (κ3) is 3.28. The van der Waals surface area contributed by atoms with Crippen molar-refractivity contribution in [1.82, 2.24) is 14.8 Å². The van der Waals surface area contributed by atoms with Gasteiger partial charge >= 0.3 is 0 Å². The van der Waals surface area contributed by atoms with Crippen molar-refractivity contribution >= 4 is 11.6 Å². The van der Waals surface area contributed by atoms with Gasteiger partial charge in [-0.25, -0.2) is 4.98 Å². The molecule has 1 aromatic heterocycles. The molecule has 2 N–H and O–H groups in total. The summed E-state index contributed by atoms with van der Waals surface area (Å²) in [5.74, 6) is 0.902. The minimum absolute atomic E-state index is 0.0244. The van der Waals surface area contributed by atoms with E-state index in [0.29, 0.717) is 6.42 Å².